The first kappa shape index (κ1) is 26.9. The Hall–Kier alpha value is -4.14. The van der Waals surface area contributed by atoms with Crippen molar-refractivity contribution >= 4 is 44.8 Å². The van der Waals surface area contributed by atoms with E-state index in [4.69, 9.17) is 11.6 Å². The summed E-state index contributed by atoms with van der Waals surface area (Å²) in [5.74, 6) is -0.886. The van der Waals surface area contributed by atoms with Crippen molar-refractivity contribution in [3.05, 3.63) is 124 Å². The first-order chi connectivity index (χ1) is 18.1. The molecule has 1 unspecified atom stereocenters. The first-order valence-corrected chi connectivity index (χ1v) is 13.7. The number of carbonyl (C=O) groups is 2. The summed E-state index contributed by atoms with van der Waals surface area (Å²) < 4.78 is 27.8. The van der Waals surface area contributed by atoms with Gasteiger partial charge in [0, 0.05) is 0 Å². The highest BCUT2D eigenvalue weighted by molar-refractivity contribution is 7.92. The van der Waals surface area contributed by atoms with Crippen LogP contribution in [0.2, 0.25) is 5.02 Å². The van der Waals surface area contributed by atoms with Crippen LogP contribution in [0, 0.1) is 6.92 Å². The van der Waals surface area contributed by atoms with E-state index in [-0.39, 0.29) is 33.1 Å². The fourth-order valence-electron chi connectivity index (χ4n) is 3.77. The fraction of sp³-hybridized carbons (Fsp3) is 0.103. The molecular weight excluding hydrogens is 522 g/mol. The molecule has 38 heavy (non-hydrogen) atoms. The van der Waals surface area contributed by atoms with E-state index in [2.05, 4.69) is 15.4 Å². The third kappa shape index (κ3) is 6.40. The molecule has 0 aliphatic heterocycles. The lowest BCUT2D eigenvalue weighted by Gasteiger charge is -2.17. The van der Waals surface area contributed by atoms with Crippen LogP contribution in [0.15, 0.2) is 102 Å². The average molecular weight is 548 g/mol. The van der Waals surface area contributed by atoms with Crippen LogP contribution >= 0.6 is 11.6 Å². The van der Waals surface area contributed by atoms with E-state index in [0.29, 0.717) is 11.3 Å². The maximum Gasteiger partial charge on any atom is 0.261 e. The van der Waals surface area contributed by atoms with Crippen LogP contribution in [0.5, 0.6) is 0 Å². The van der Waals surface area contributed by atoms with Gasteiger partial charge in [0.15, 0.2) is 0 Å². The van der Waals surface area contributed by atoms with Crippen molar-refractivity contribution in [3.8, 4) is 0 Å². The highest BCUT2D eigenvalue weighted by atomic mass is 35.5. The molecule has 0 spiro atoms. The van der Waals surface area contributed by atoms with Crippen molar-refractivity contribution in [2.24, 2.45) is 0 Å². The smallest absolute Gasteiger partial charge is 0.261 e. The topological polar surface area (TPSA) is 104 Å². The number of sulfonamides is 1. The van der Waals surface area contributed by atoms with Crippen molar-refractivity contribution < 1.29 is 18.0 Å². The molecule has 0 saturated carbocycles. The van der Waals surface area contributed by atoms with Crippen LogP contribution in [0.25, 0.3) is 0 Å². The van der Waals surface area contributed by atoms with E-state index in [9.17, 15) is 18.0 Å². The standard InChI is InChI=1S/C29H26ClN3O4S/c1-19-12-15-23(16-13-19)38(36,37)33-22-14-17-24(26(30)18-22)28(34)32-27-11-7-6-10-25(27)29(35)31-20(2)21-8-4-3-5-9-21/h3-18,20,33H,1-2H3,(H,31,35)(H,32,34). The van der Waals surface area contributed by atoms with Gasteiger partial charge in [-0.25, -0.2) is 8.42 Å². The molecule has 0 saturated heterocycles. The molecule has 7 nitrogen and oxygen atoms in total. The SMILES string of the molecule is Cc1ccc(S(=O)(=O)Nc2ccc(C(=O)Nc3ccccc3C(=O)NC(C)c3ccccc3)c(Cl)c2)cc1. The molecule has 2 amide bonds. The van der Waals surface area contributed by atoms with E-state index in [1.165, 1.54) is 30.3 Å². The molecule has 0 bridgehead atoms. The van der Waals surface area contributed by atoms with Crippen molar-refractivity contribution in [1.29, 1.82) is 0 Å². The highest BCUT2D eigenvalue weighted by Crippen LogP contribution is 2.25. The van der Waals surface area contributed by atoms with Crippen LogP contribution in [-0.2, 0) is 10.0 Å². The van der Waals surface area contributed by atoms with E-state index in [1.54, 1.807) is 36.4 Å². The number of nitrogens with one attached hydrogen (secondary N) is 3. The molecule has 0 heterocycles. The van der Waals surface area contributed by atoms with Crippen LogP contribution < -0.4 is 15.4 Å². The van der Waals surface area contributed by atoms with Gasteiger partial charge in [-0.15, -0.1) is 0 Å². The number of benzene rings is 4. The number of hydrogen-bond acceptors (Lipinski definition) is 4. The lowest BCUT2D eigenvalue weighted by Crippen LogP contribution is -2.28. The zero-order valence-corrected chi connectivity index (χ0v) is 22.3. The van der Waals surface area contributed by atoms with Gasteiger partial charge in [0.2, 0.25) is 0 Å². The van der Waals surface area contributed by atoms with E-state index in [0.717, 1.165) is 11.1 Å². The molecule has 9 heteroatoms. The molecule has 4 rings (SSSR count). The zero-order chi connectivity index (χ0) is 27.3. The minimum Gasteiger partial charge on any atom is -0.345 e. The quantitative estimate of drug-likeness (QED) is 0.244. The number of aryl methyl sites for hydroxylation is 1. The monoisotopic (exact) mass is 547 g/mol. The Kier molecular flexibility index (Phi) is 8.14. The number of para-hydroxylation sites is 1. The number of hydrogen-bond donors (Lipinski definition) is 3. The van der Waals surface area contributed by atoms with Crippen molar-refractivity contribution in [1.82, 2.24) is 5.32 Å². The second kappa shape index (κ2) is 11.5. The van der Waals surface area contributed by atoms with Gasteiger partial charge in [-0.1, -0.05) is 71.8 Å². The number of amides is 2. The molecule has 3 N–H and O–H groups in total. The summed E-state index contributed by atoms with van der Waals surface area (Å²) in [6, 6.07) is 26.6. The van der Waals surface area contributed by atoms with E-state index >= 15 is 0 Å². The van der Waals surface area contributed by atoms with Gasteiger partial charge in [0.05, 0.1) is 38.5 Å². The van der Waals surface area contributed by atoms with E-state index < -0.39 is 15.9 Å². The summed E-state index contributed by atoms with van der Waals surface area (Å²) in [7, 11) is -3.83. The van der Waals surface area contributed by atoms with Gasteiger partial charge in [-0.3, -0.25) is 14.3 Å². The fourth-order valence-corrected chi connectivity index (χ4v) is 5.09. The van der Waals surface area contributed by atoms with Gasteiger partial charge in [-0.05, 0) is 61.9 Å². The Morgan fingerprint density at radius 2 is 1.45 bits per heavy atom. The second-order valence-electron chi connectivity index (χ2n) is 8.72. The molecule has 1 atom stereocenters. The third-order valence-corrected chi connectivity index (χ3v) is 7.57. The second-order valence-corrected chi connectivity index (χ2v) is 10.8. The Morgan fingerprint density at radius 3 is 2.13 bits per heavy atom. The summed E-state index contributed by atoms with van der Waals surface area (Å²) in [6.07, 6.45) is 0. The summed E-state index contributed by atoms with van der Waals surface area (Å²) in [6.45, 7) is 3.74. The van der Waals surface area contributed by atoms with Gasteiger partial charge >= 0.3 is 0 Å². The summed E-state index contributed by atoms with van der Waals surface area (Å²) in [4.78, 5) is 26.1. The van der Waals surface area contributed by atoms with Crippen LogP contribution in [0.1, 0.15) is 44.8 Å². The molecule has 0 aliphatic carbocycles. The Labute approximate surface area is 226 Å². The predicted octanol–water partition coefficient (Wildman–Crippen LogP) is 6.19. The number of halogens is 1. The zero-order valence-electron chi connectivity index (χ0n) is 20.7. The Bertz CT molecular complexity index is 1570. The maximum atomic E-state index is 13.0. The van der Waals surface area contributed by atoms with Gasteiger partial charge < -0.3 is 10.6 Å². The van der Waals surface area contributed by atoms with Gasteiger partial charge in [-0.2, -0.15) is 0 Å². The number of rotatable bonds is 8. The van der Waals surface area contributed by atoms with Gasteiger partial charge in [0.25, 0.3) is 21.8 Å². The largest absolute Gasteiger partial charge is 0.345 e. The van der Waals surface area contributed by atoms with Crippen molar-refractivity contribution in [2.75, 3.05) is 10.0 Å². The lowest BCUT2D eigenvalue weighted by atomic mass is 10.1. The van der Waals surface area contributed by atoms with Crippen molar-refractivity contribution in [2.45, 2.75) is 24.8 Å². The Morgan fingerprint density at radius 1 is 0.789 bits per heavy atom. The minimum absolute atomic E-state index is 0.0474. The van der Waals surface area contributed by atoms with Crippen LogP contribution in [0.4, 0.5) is 11.4 Å². The van der Waals surface area contributed by atoms with E-state index in [1.807, 2.05) is 44.2 Å². The molecule has 4 aromatic carbocycles. The Balaban J connectivity index is 1.48. The van der Waals surface area contributed by atoms with Crippen LogP contribution in [-0.4, -0.2) is 20.2 Å². The molecule has 0 aliphatic rings. The molecule has 194 valence electrons. The van der Waals surface area contributed by atoms with Gasteiger partial charge in [0.1, 0.15) is 0 Å². The number of anilines is 2. The molecule has 4 aromatic rings. The molecule has 0 radical (unpaired) electrons. The summed E-state index contributed by atoms with van der Waals surface area (Å²) in [5.41, 5.74) is 2.83. The number of carbonyl (C=O) groups excluding carboxylic acids is 2. The lowest BCUT2D eigenvalue weighted by molar-refractivity contribution is 0.0940. The minimum atomic E-state index is -3.83. The first-order valence-electron chi connectivity index (χ1n) is 11.8. The summed E-state index contributed by atoms with van der Waals surface area (Å²) >= 11 is 6.35. The highest BCUT2D eigenvalue weighted by Gasteiger charge is 2.19. The van der Waals surface area contributed by atoms with Crippen LogP contribution in [0.3, 0.4) is 0 Å². The molecule has 0 aromatic heterocycles. The third-order valence-electron chi connectivity index (χ3n) is 5.86. The maximum absolute atomic E-state index is 13.0. The van der Waals surface area contributed by atoms with Crippen molar-refractivity contribution in [3.63, 3.8) is 0 Å². The molecule has 0 fully saturated rings. The predicted molar refractivity (Wildman–Crippen MR) is 150 cm³/mol. The summed E-state index contributed by atoms with van der Waals surface area (Å²) in [5, 5.41) is 5.73. The normalized spacial score (nSPS) is 11.9. The molecular formula is C29H26ClN3O4S. The average Bonchev–Trinajstić information content (AvgIpc) is 2.89.